The number of fused-ring (bicyclic) bond motifs is 1. The number of aryl methyl sites for hydroxylation is 1. The Hall–Kier alpha value is -3.41. The lowest BCUT2D eigenvalue weighted by atomic mass is 9.86. The number of ketones is 1. The molecular weight excluding hydrogens is 416 g/mol. The van der Waals surface area contributed by atoms with Gasteiger partial charge in [0.2, 0.25) is 5.88 Å². The van der Waals surface area contributed by atoms with Crippen molar-refractivity contribution in [2.75, 3.05) is 18.6 Å². The number of benzene rings is 1. The number of aromatic hydroxyl groups is 1. The molecule has 1 aliphatic carbocycles. The Labute approximate surface area is 194 Å². The maximum absolute atomic E-state index is 13.7. The van der Waals surface area contributed by atoms with Gasteiger partial charge in [-0.15, -0.1) is 0 Å². The largest absolute Gasteiger partial charge is 0.506 e. The van der Waals surface area contributed by atoms with Gasteiger partial charge in [0.1, 0.15) is 5.75 Å². The summed E-state index contributed by atoms with van der Waals surface area (Å²) >= 11 is 0. The lowest BCUT2D eigenvalue weighted by Crippen LogP contribution is -2.32. The summed E-state index contributed by atoms with van der Waals surface area (Å²) in [5, 5.41) is 10.3. The molecule has 0 radical (unpaired) electrons. The van der Waals surface area contributed by atoms with E-state index < -0.39 is 0 Å². The fourth-order valence-corrected chi connectivity index (χ4v) is 4.82. The summed E-state index contributed by atoms with van der Waals surface area (Å²) in [5.41, 5.74) is 4.10. The van der Waals surface area contributed by atoms with Crippen LogP contribution in [0.1, 0.15) is 44.6 Å². The zero-order chi connectivity index (χ0) is 23.4. The number of pyridine rings is 1. The number of allylic oxidation sites excluding steroid dienone is 2. The number of para-hydroxylation sites is 2. The van der Waals surface area contributed by atoms with Crippen molar-refractivity contribution in [1.29, 1.82) is 0 Å². The predicted octanol–water partition coefficient (Wildman–Crippen LogP) is 4.78. The zero-order valence-corrected chi connectivity index (χ0v) is 19.2. The number of methoxy groups -OCH3 is 1. The Morgan fingerprint density at radius 3 is 2.73 bits per heavy atom. The highest BCUT2D eigenvalue weighted by Crippen LogP contribution is 2.38. The van der Waals surface area contributed by atoms with Crippen LogP contribution in [0.3, 0.4) is 0 Å². The second-order valence-electron chi connectivity index (χ2n) is 8.75. The Balaban J connectivity index is 1.57. The molecule has 1 aromatic heterocycles. The average Bonchev–Trinajstić information content (AvgIpc) is 3.04. The molecule has 1 aliphatic heterocycles. The topological polar surface area (TPSA) is 79.7 Å². The molecule has 1 amide bonds. The average molecular weight is 447 g/mol. The maximum Gasteiger partial charge on any atom is 0.258 e. The van der Waals surface area contributed by atoms with Crippen LogP contribution in [0.15, 0.2) is 65.4 Å². The zero-order valence-electron chi connectivity index (χ0n) is 19.2. The molecule has 2 heterocycles. The monoisotopic (exact) mass is 446 g/mol. The van der Waals surface area contributed by atoms with Gasteiger partial charge in [0.15, 0.2) is 5.78 Å². The minimum atomic E-state index is -0.128. The van der Waals surface area contributed by atoms with E-state index in [1.54, 1.807) is 36.3 Å². The van der Waals surface area contributed by atoms with Crippen molar-refractivity contribution in [3.8, 4) is 11.6 Å². The van der Waals surface area contributed by atoms with Crippen LogP contribution < -0.4 is 9.64 Å². The third-order valence-electron chi connectivity index (χ3n) is 6.59. The van der Waals surface area contributed by atoms with Gasteiger partial charge in [-0.1, -0.05) is 23.8 Å². The summed E-state index contributed by atoms with van der Waals surface area (Å²) in [5.74, 6) is 0.649. The first kappa shape index (κ1) is 22.8. The van der Waals surface area contributed by atoms with Crippen LogP contribution in [-0.2, 0) is 16.0 Å². The van der Waals surface area contributed by atoms with E-state index in [0.717, 1.165) is 42.4 Å². The molecule has 2 aliphatic rings. The van der Waals surface area contributed by atoms with Crippen LogP contribution in [0.5, 0.6) is 11.6 Å². The molecule has 1 unspecified atom stereocenters. The Morgan fingerprint density at radius 2 is 2.00 bits per heavy atom. The van der Waals surface area contributed by atoms with E-state index in [2.05, 4.69) is 4.98 Å². The number of amides is 1. The molecule has 1 atom stereocenters. The molecule has 0 spiro atoms. The lowest BCUT2D eigenvalue weighted by Gasteiger charge is -2.24. The fraction of sp³-hybridized carbons (Fsp3) is 0.370. The van der Waals surface area contributed by atoms with Gasteiger partial charge in [0.25, 0.3) is 5.91 Å². The number of hydrogen-bond acceptors (Lipinski definition) is 5. The van der Waals surface area contributed by atoms with Crippen LogP contribution in [0.4, 0.5) is 5.69 Å². The third-order valence-corrected chi connectivity index (χ3v) is 6.59. The molecule has 33 heavy (non-hydrogen) atoms. The van der Waals surface area contributed by atoms with E-state index in [9.17, 15) is 14.7 Å². The number of phenols is 1. The van der Waals surface area contributed by atoms with Crippen LogP contribution in [0.2, 0.25) is 0 Å². The Bertz CT molecular complexity index is 1100. The van der Waals surface area contributed by atoms with Gasteiger partial charge in [0.05, 0.1) is 12.8 Å². The molecule has 1 fully saturated rings. The molecule has 0 saturated carbocycles. The van der Waals surface area contributed by atoms with E-state index in [0.29, 0.717) is 36.5 Å². The highest BCUT2D eigenvalue weighted by Gasteiger charge is 2.33. The quantitative estimate of drug-likeness (QED) is 0.691. The molecule has 1 aromatic carbocycles. The molecule has 1 N–H and O–H groups in total. The number of hydrogen-bond donors (Lipinski definition) is 1. The molecule has 172 valence electrons. The lowest BCUT2D eigenvalue weighted by molar-refractivity contribution is -0.115. The SMILES string of the molecule is COc1ccc(CCCC2CC(=O)C=C3CCCN(c4ccccc4O)C(=O)C3=C2C)cn1. The van der Waals surface area contributed by atoms with E-state index >= 15 is 0 Å². The molecule has 0 bridgehead atoms. The van der Waals surface area contributed by atoms with Crippen LogP contribution >= 0.6 is 0 Å². The number of carbonyl (C=O) groups is 2. The van der Waals surface area contributed by atoms with Crippen molar-refractivity contribution in [3.63, 3.8) is 0 Å². The first-order valence-electron chi connectivity index (χ1n) is 11.5. The van der Waals surface area contributed by atoms with Gasteiger partial charge in [-0.3, -0.25) is 9.59 Å². The number of ether oxygens (including phenoxy) is 1. The number of phenolic OH excluding ortho intramolecular Hbond substituents is 1. The van der Waals surface area contributed by atoms with Gasteiger partial charge < -0.3 is 14.7 Å². The van der Waals surface area contributed by atoms with Crippen molar-refractivity contribution in [2.45, 2.75) is 45.4 Å². The molecule has 4 rings (SSSR count). The fourth-order valence-electron chi connectivity index (χ4n) is 4.82. The first-order valence-corrected chi connectivity index (χ1v) is 11.5. The highest BCUT2D eigenvalue weighted by atomic mass is 16.5. The number of nitrogens with zero attached hydrogens (tertiary/aromatic N) is 2. The molecule has 6 nitrogen and oxygen atoms in total. The molecule has 6 heteroatoms. The van der Waals surface area contributed by atoms with E-state index in [4.69, 9.17) is 4.74 Å². The predicted molar refractivity (Wildman–Crippen MR) is 127 cm³/mol. The summed E-state index contributed by atoms with van der Waals surface area (Å²) in [6, 6.07) is 10.8. The second-order valence-corrected chi connectivity index (χ2v) is 8.75. The van der Waals surface area contributed by atoms with Crippen LogP contribution in [-0.4, -0.2) is 35.4 Å². The smallest absolute Gasteiger partial charge is 0.258 e. The Morgan fingerprint density at radius 1 is 1.18 bits per heavy atom. The minimum absolute atomic E-state index is 0.0146. The standard InChI is InChI=1S/C27H30N2O4/c1-18-20(8-5-7-19-12-13-25(33-2)28-17-19)15-22(30)16-21-9-6-14-29(27(32)26(18)21)23-10-3-4-11-24(23)31/h3-4,10-13,16-17,20,31H,5-9,14-15H2,1-2H3. The normalized spacial score (nSPS) is 19.0. The van der Waals surface area contributed by atoms with Gasteiger partial charge in [-0.05, 0) is 74.3 Å². The van der Waals surface area contributed by atoms with Crippen molar-refractivity contribution < 1.29 is 19.4 Å². The van der Waals surface area contributed by atoms with Crippen LogP contribution in [0, 0.1) is 5.92 Å². The highest BCUT2D eigenvalue weighted by molar-refractivity contribution is 6.11. The van der Waals surface area contributed by atoms with Crippen molar-refractivity contribution in [2.24, 2.45) is 5.92 Å². The summed E-state index contributed by atoms with van der Waals surface area (Å²) in [7, 11) is 1.60. The number of aromatic nitrogens is 1. The van der Waals surface area contributed by atoms with Crippen molar-refractivity contribution in [3.05, 3.63) is 71.0 Å². The maximum atomic E-state index is 13.7. The summed E-state index contributed by atoms with van der Waals surface area (Å²) < 4.78 is 5.12. The van der Waals surface area contributed by atoms with E-state index in [1.807, 2.05) is 31.3 Å². The molecule has 2 aromatic rings. The summed E-state index contributed by atoms with van der Waals surface area (Å²) in [4.78, 5) is 32.3. The molecular formula is C27H30N2O4. The van der Waals surface area contributed by atoms with Gasteiger partial charge in [-0.25, -0.2) is 4.98 Å². The van der Waals surface area contributed by atoms with E-state index in [-0.39, 0.29) is 23.4 Å². The van der Waals surface area contributed by atoms with Crippen LogP contribution in [0.25, 0.3) is 0 Å². The number of rotatable bonds is 6. The number of carbonyl (C=O) groups excluding carboxylic acids is 2. The van der Waals surface area contributed by atoms with Gasteiger partial charge in [0, 0.05) is 30.8 Å². The third kappa shape index (κ3) is 5.00. The first-order chi connectivity index (χ1) is 16.0. The van der Waals surface area contributed by atoms with E-state index in [1.165, 1.54) is 0 Å². The Kier molecular flexibility index (Phi) is 6.92. The minimum Gasteiger partial charge on any atom is -0.506 e. The molecule has 1 saturated heterocycles. The second kappa shape index (κ2) is 10.0. The van der Waals surface area contributed by atoms with Gasteiger partial charge >= 0.3 is 0 Å². The number of anilines is 1. The van der Waals surface area contributed by atoms with Crippen molar-refractivity contribution >= 4 is 17.4 Å². The summed E-state index contributed by atoms with van der Waals surface area (Å²) in [6.45, 7) is 2.50. The van der Waals surface area contributed by atoms with Gasteiger partial charge in [-0.2, -0.15) is 0 Å². The van der Waals surface area contributed by atoms with Crippen molar-refractivity contribution in [1.82, 2.24) is 4.98 Å². The summed E-state index contributed by atoms with van der Waals surface area (Å²) in [6.07, 6.45) is 7.90.